The molecule has 0 saturated carbocycles. The standard InChI is InChI=1S/C12H14N2O/c1-8-3-4-12-11(5-8)9(2)13-14(12)10-6-15-7-10/h3-5,10H,6-7H2,1-2H3. The number of hydrogen-bond donors (Lipinski definition) is 0. The first-order valence-electron chi connectivity index (χ1n) is 5.29. The number of rotatable bonds is 1. The van der Waals surface area contributed by atoms with E-state index in [-0.39, 0.29) is 0 Å². The Morgan fingerprint density at radius 1 is 1.33 bits per heavy atom. The molecule has 0 aliphatic carbocycles. The van der Waals surface area contributed by atoms with E-state index < -0.39 is 0 Å². The minimum absolute atomic E-state index is 0.434. The van der Waals surface area contributed by atoms with Crippen molar-refractivity contribution in [3.63, 3.8) is 0 Å². The van der Waals surface area contributed by atoms with E-state index >= 15 is 0 Å². The summed E-state index contributed by atoms with van der Waals surface area (Å²) in [7, 11) is 0. The zero-order chi connectivity index (χ0) is 10.4. The molecule has 1 aliphatic rings. The molecule has 2 heterocycles. The molecule has 1 aromatic heterocycles. The summed E-state index contributed by atoms with van der Waals surface area (Å²) in [4.78, 5) is 0. The van der Waals surface area contributed by atoms with Crippen molar-refractivity contribution in [2.24, 2.45) is 0 Å². The van der Waals surface area contributed by atoms with Gasteiger partial charge in [0.1, 0.15) is 0 Å². The Bertz CT molecular complexity index is 512. The van der Waals surface area contributed by atoms with Crippen molar-refractivity contribution in [2.75, 3.05) is 13.2 Å². The van der Waals surface area contributed by atoms with Crippen molar-refractivity contribution in [1.82, 2.24) is 9.78 Å². The highest BCUT2D eigenvalue weighted by Gasteiger charge is 2.23. The monoisotopic (exact) mass is 202 g/mol. The third kappa shape index (κ3) is 1.27. The average Bonchev–Trinajstić information content (AvgIpc) is 2.41. The minimum atomic E-state index is 0.434. The van der Waals surface area contributed by atoms with E-state index in [1.165, 1.54) is 16.5 Å². The highest BCUT2D eigenvalue weighted by molar-refractivity contribution is 5.82. The third-order valence-electron chi connectivity index (χ3n) is 3.01. The topological polar surface area (TPSA) is 27.1 Å². The SMILES string of the molecule is Cc1ccc2c(c1)c(C)nn2C1COC1. The molecule has 3 rings (SSSR count). The summed E-state index contributed by atoms with van der Waals surface area (Å²) in [5, 5.41) is 5.86. The van der Waals surface area contributed by atoms with Gasteiger partial charge >= 0.3 is 0 Å². The molecular formula is C12H14N2O. The lowest BCUT2D eigenvalue weighted by molar-refractivity contribution is -0.0267. The van der Waals surface area contributed by atoms with Gasteiger partial charge in [0.05, 0.1) is 30.5 Å². The Hall–Kier alpha value is -1.35. The second-order valence-electron chi connectivity index (χ2n) is 4.24. The molecule has 1 saturated heterocycles. The van der Waals surface area contributed by atoms with Crippen LogP contribution in [0.2, 0.25) is 0 Å². The number of ether oxygens (including phenoxy) is 1. The van der Waals surface area contributed by atoms with Crippen LogP contribution < -0.4 is 0 Å². The van der Waals surface area contributed by atoms with Gasteiger partial charge in [-0.05, 0) is 26.0 Å². The quantitative estimate of drug-likeness (QED) is 0.709. The summed E-state index contributed by atoms with van der Waals surface area (Å²) in [6.07, 6.45) is 0. The van der Waals surface area contributed by atoms with Crippen LogP contribution in [-0.4, -0.2) is 23.0 Å². The van der Waals surface area contributed by atoms with Gasteiger partial charge in [-0.15, -0.1) is 0 Å². The predicted octanol–water partition coefficient (Wildman–Crippen LogP) is 2.22. The lowest BCUT2D eigenvalue weighted by Crippen LogP contribution is -2.31. The molecule has 0 atom stereocenters. The van der Waals surface area contributed by atoms with Crippen molar-refractivity contribution < 1.29 is 4.74 Å². The van der Waals surface area contributed by atoms with Gasteiger partial charge in [0, 0.05) is 5.39 Å². The van der Waals surface area contributed by atoms with Crippen LogP contribution in [0.25, 0.3) is 10.9 Å². The molecule has 3 heteroatoms. The molecule has 1 aromatic carbocycles. The summed E-state index contributed by atoms with van der Waals surface area (Å²) in [6.45, 7) is 5.77. The van der Waals surface area contributed by atoms with Gasteiger partial charge < -0.3 is 4.74 Å². The van der Waals surface area contributed by atoms with Crippen LogP contribution >= 0.6 is 0 Å². The maximum Gasteiger partial charge on any atom is 0.0992 e. The Balaban J connectivity index is 2.22. The van der Waals surface area contributed by atoms with E-state index in [0.717, 1.165) is 18.9 Å². The first-order valence-corrected chi connectivity index (χ1v) is 5.29. The van der Waals surface area contributed by atoms with Crippen molar-refractivity contribution in [3.05, 3.63) is 29.5 Å². The molecule has 0 radical (unpaired) electrons. The van der Waals surface area contributed by atoms with Crippen LogP contribution in [0.3, 0.4) is 0 Å². The molecule has 1 aliphatic heterocycles. The number of fused-ring (bicyclic) bond motifs is 1. The Labute approximate surface area is 88.7 Å². The van der Waals surface area contributed by atoms with Gasteiger partial charge in [-0.3, -0.25) is 4.68 Å². The molecule has 0 spiro atoms. The fourth-order valence-electron chi connectivity index (χ4n) is 2.05. The number of aryl methyl sites for hydroxylation is 2. The second-order valence-corrected chi connectivity index (χ2v) is 4.24. The van der Waals surface area contributed by atoms with Gasteiger partial charge in [-0.2, -0.15) is 5.10 Å². The highest BCUT2D eigenvalue weighted by Crippen LogP contribution is 2.25. The first kappa shape index (κ1) is 8.92. The summed E-state index contributed by atoms with van der Waals surface area (Å²) < 4.78 is 7.32. The predicted molar refractivity (Wildman–Crippen MR) is 59.1 cm³/mol. The molecule has 1 fully saturated rings. The van der Waals surface area contributed by atoms with E-state index in [1.807, 2.05) is 0 Å². The molecule has 0 bridgehead atoms. The van der Waals surface area contributed by atoms with Crippen LogP contribution in [0.5, 0.6) is 0 Å². The minimum Gasteiger partial charge on any atom is -0.377 e. The Morgan fingerprint density at radius 3 is 2.80 bits per heavy atom. The van der Waals surface area contributed by atoms with E-state index in [4.69, 9.17) is 4.74 Å². The number of aromatic nitrogens is 2. The summed E-state index contributed by atoms with van der Waals surface area (Å²) in [6, 6.07) is 6.93. The summed E-state index contributed by atoms with van der Waals surface area (Å²) in [5.41, 5.74) is 3.63. The molecule has 15 heavy (non-hydrogen) atoms. The largest absolute Gasteiger partial charge is 0.377 e. The first-order chi connectivity index (χ1) is 7.25. The highest BCUT2D eigenvalue weighted by atomic mass is 16.5. The van der Waals surface area contributed by atoms with Gasteiger partial charge in [-0.25, -0.2) is 0 Å². The smallest absolute Gasteiger partial charge is 0.0992 e. The lowest BCUT2D eigenvalue weighted by atomic mass is 10.1. The average molecular weight is 202 g/mol. The van der Waals surface area contributed by atoms with Crippen LogP contribution in [0.15, 0.2) is 18.2 Å². The van der Waals surface area contributed by atoms with Crippen molar-refractivity contribution >= 4 is 10.9 Å². The number of benzene rings is 1. The van der Waals surface area contributed by atoms with E-state index in [0.29, 0.717) is 6.04 Å². The van der Waals surface area contributed by atoms with Gasteiger partial charge in [0.2, 0.25) is 0 Å². The van der Waals surface area contributed by atoms with Crippen LogP contribution in [0.1, 0.15) is 17.3 Å². The van der Waals surface area contributed by atoms with Crippen molar-refractivity contribution in [1.29, 1.82) is 0 Å². The molecule has 2 aromatic rings. The van der Waals surface area contributed by atoms with Crippen LogP contribution in [-0.2, 0) is 4.74 Å². The maximum absolute atomic E-state index is 5.21. The van der Waals surface area contributed by atoms with Gasteiger partial charge in [-0.1, -0.05) is 11.6 Å². The fourth-order valence-corrected chi connectivity index (χ4v) is 2.05. The molecule has 0 N–H and O–H groups in total. The molecule has 3 nitrogen and oxygen atoms in total. The fraction of sp³-hybridized carbons (Fsp3) is 0.417. The normalized spacial score (nSPS) is 16.9. The number of nitrogens with zero attached hydrogens (tertiary/aromatic N) is 2. The second kappa shape index (κ2) is 3.07. The van der Waals surface area contributed by atoms with Gasteiger partial charge in [0.15, 0.2) is 0 Å². The third-order valence-corrected chi connectivity index (χ3v) is 3.01. The Morgan fingerprint density at radius 2 is 2.13 bits per heavy atom. The van der Waals surface area contributed by atoms with Crippen LogP contribution in [0.4, 0.5) is 0 Å². The summed E-state index contributed by atoms with van der Waals surface area (Å²) in [5.74, 6) is 0. The molecule has 78 valence electrons. The van der Waals surface area contributed by atoms with Crippen LogP contribution in [0, 0.1) is 13.8 Å². The van der Waals surface area contributed by atoms with E-state index in [1.54, 1.807) is 0 Å². The molecular weight excluding hydrogens is 188 g/mol. The maximum atomic E-state index is 5.21. The zero-order valence-corrected chi connectivity index (χ0v) is 9.03. The number of hydrogen-bond acceptors (Lipinski definition) is 2. The lowest BCUT2D eigenvalue weighted by Gasteiger charge is -2.26. The zero-order valence-electron chi connectivity index (χ0n) is 9.03. The Kier molecular flexibility index (Phi) is 1.83. The van der Waals surface area contributed by atoms with Crippen molar-refractivity contribution in [2.45, 2.75) is 19.9 Å². The summed E-state index contributed by atoms with van der Waals surface area (Å²) >= 11 is 0. The van der Waals surface area contributed by atoms with Gasteiger partial charge in [0.25, 0.3) is 0 Å². The van der Waals surface area contributed by atoms with E-state index in [2.05, 4.69) is 41.8 Å². The van der Waals surface area contributed by atoms with Crippen molar-refractivity contribution in [3.8, 4) is 0 Å². The van der Waals surface area contributed by atoms with E-state index in [9.17, 15) is 0 Å². The molecule has 0 unspecified atom stereocenters. The molecule has 0 amide bonds.